The Morgan fingerprint density at radius 3 is 2.25 bits per heavy atom. The Morgan fingerprint density at radius 2 is 1.62 bits per heavy atom. The van der Waals surface area contributed by atoms with Crippen LogP contribution in [0.2, 0.25) is 0 Å². The Labute approximate surface area is 144 Å². The number of hydrogen-bond acceptors (Lipinski definition) is 5. The van der Waals surface area contributed by atoms with E-state index in [1.807, 2.05) is 38.1 Å². The molecule has 124 valence electrons. The monoisotopic (exact) mass is 342 g/mol. The number of carbonyl (C=O) groups is 1. The molecule has 0 saturated carbocycles. The zero-order valence-corrected chi connectivity index (χ0v) is 14.8. The normalized spacial score (nSPS) is 10.7. The number of nitrogens with zero attached hydrogens (tertiary/aromatic N) is 1. The average molecular weight is 342 g/mol. The molecule has 0 unspecified atom stereocenters. The first-order valence-electron chi connectivity index (χ1n) is 7.42. The van der Waals surface area contributed by atoms with E-state index in [1.54, 1.807) is 20.3 Å². The number of anilines is 1. The predicted molar refractivity (Wildman–Crippen MR) is 96.6 cm³/mol. The number of carbonyl (C=O) groups excluding carboxylic acids is 1. The molecule has 6 heteroatoms. The molecule has 1 amide bonds. The van der Waals surface area contributed by atoms with E-state index in [-0.39, 0.29) is 5.91 Å². The van der Waals surface area contributed by atoms with Crippen molar-refractivity contribution in [2.24, 2.45) is 0 Å². The Balaban J connectivity index is 1.91. The third-order valence-corrected chi connectivity index (χ3v) is 4.53. The highest BCUT2D eigenvalue weighted by molar-refractivity contribution is 7.22. The molecule has 0 bridgehead atoms. The van der Waals surface area contributed by atoms with Crippen LogP contribution in [0.15, 0.2) is 30.3 Å². The fourth-order valence-electron chi connectivity index (χ4n) is 2.58. The minimum absolute atomic E-state index is 0.167. The molecule has 1 aromatic heterocycles. The number of rotatable bonds is 4. The highest BCUT2D eigenvalue weighted by Gasteiger charge is 2.13. The maximum absolute atomic E-state index is 12.4. The molecule has 2 aromatic carbocycles. The predicted octanol–water partition coefficient (Wildman–Crippen LogP) is 4.18. The molecule has 0 radical (unpaired) electrons. The molecule has 24 heavy (non-hydrogen) atoms. The second-order valence-electron chi connectivity index (χ2n) is 5.52. The fourth-order valence-corrected chi connectivity index (χ4v) is 3.45. The summed E-state index contributed by atoms with van der Waals surface area (Å²) in [6, 6.07) is 9.42. The van der Waals surface area contributed by atoms with E-state index in [4.69, 9.17) is 9.47 Å². The largest absolute Gasteiger partial charge is 0.493 e. The van der Waals surface area contributed by atoms with Crippen molar-refractivity contribution in [1.82, 2.24) is 4.98 Å². The molecule has 0 fully saturated rings. The molecule has 3 aromatic rings. The van der Waals surface area contributed by atoms with Crippen LogP contribution in [-0.4, -0.2) is 25.1 Å². The number of hydrogen-bond donors (Lipinski definition) is 1. The van der Waals surface area contributed by atoms with Crippen molar-refractivity contribution in [1.29, 1.82) is 0 Å². The van der Waals surface area contributed by atoms with E-state index in [9.17, 15) is 4.79 Å². The number of ether oxygens (including phenoxy) is 2. The van der Waals surface area contributed by atoms with Crippen LogP contribution in [-0.2, 0) is 0 Å². The van der Waals surface area contributed by atoms with Crippen LogP contribution in [0, 0.1) is 13.8 Å². The standard InChI is InChI=1S/C18H18N2O3S/c1-10-5-11(2)7-12(6-10)17(21)20-18-19-13-8-14(22-3)15(23-4)9-16(13)24-18/h5-9H,1-4H3,(H,19,20,21). The summed E-state index contributed by atoms with van der Waals surface area (Å²) in [5, 5.41) is 3.41. The quantitative estimate of drug-likeness (QED) is 0.772. The Hall–Kier alpha value is -2.60. The van der Waals surface area contributed by atoms with Crippen LogP contribution in [0.1, 0.15) is 21.5 Å². The van der Waals surface area contributed by atoms with Gasteiger partial charge in [0.1, 0.15) is 0 Å². The Morgan fingerprint density at radius 1 is 1.00 bits per heavy atom. The van der Waals surface area contributed by atoms with Crippen molar-refractivity contribution in [3.05, 3.63) is 47.0 Å². The fraction of sp³-hybridized carbons (Fsp3) is 0.222. The number of fused-ring (bicyclic) bond motifs is 1. The van der Waals surface area contributed by atoms with Crippen molar-refractivity contribution >= 4 is 32.6 Å². The number of aryl methyl sites for hydroxylation is 2. The number of thiazole rings is 1. The minimum atomic E-state index is -0.167. The number of benzene rings is 2. The number of methoxy groups -OCH3 is 2. The van der Waals surface area contributed by atoms with Gasteiger partial charge in [-0.05, 0) is 26.0 Å². The third kappa shape index (κ3) is 3.19. The van der Waals surface area contributed by atoms with Crippen LogP contribution >= 0.6 is 11.3 Å². The zero-order chi connectivity index (χ0) is 17.3. The van der Waals surface area contributed by atoms with Gasteiger partial charge >= 0.3 is 0 Å². The van der Waals surface area contributed by atoms with E-state index in [0.717, 1.165) is 21.3 Å². The average Bonchev–Trinajstić information content (AvgIpc) is 2.93. The molecule has 0 spiro atoms. The second kappa shape index (κ2) is 6.49. The van der Waals surface area contributed by atoms with Gasteiger partial charge in [0, 0.05) is 17.7 Å². The smallest absolute Gasteiger partial charge is 0.257 e. The van der Waals surface area contributed by atoms with Gasteiger partial charge in [0.15, 0.2) is 16.6 Å². The van der Waals surface area contributed by atoms with Gasteiger partial charge < -0.3 is 9.47 Å². The molecule has 0 aliphatic carbocycles. The van der Waals surface area contributed by atoms with Crippen molar-refractivity contribution in [2.75, 3.05) is 19.5 Å². The first-order chi connectivity index (χ1) is 11.5. The summed E-state index contributed by atoms with van der Waals surface area (Å²) in [7, 11) is 3.17. The van der Waals surface area contributed by atoms with Crippen molar-refractivity contribution in [3.63, 3.8) is 0 Å². The molecule has 0 saturated heterocycles. The topological polar surface area (TPSA) is 60.5 Å². The summed E-state index contributed by atoms with van der Waals surface area (Å²) in [4.78, 5) is 16.9. The lowest BCUT2D eigenvalue weighted by molar-refractivity contribution is 0.102. The number of nitrogens with one attached hydrogen (secondary N) is 1. The first kappa shape index (κ1) is 16.3. The van der Waals surface area contributed by atoms with E-state index in [2.05, 4.69) is 10.3 Å². The second-order valence-corrected chi connectivity index (χ2v) is 6.56. The van der Waals surface area contributed by atoms with Crippen LogP contribution in [0.4, 0.5) is 5.13 Å². The van der Waals surface area contributed by atoms with Crippen LogP contribution < -0.4 is 14.8 Å². The molecule has 1 N–H and O–H groups in total. The summed E-state index contributed by atoms with van der Waals surface area (Å²) in [5.74, 6) is 1.09. The maximum Gasteiger partial charge on any atom is 0.257 e. The molecule has 1 heterocycles. The van der Waals surface area contributed by atoms with Gasteiger partial charge in [-0.15, -0.1) is 0 Å². The summed E-state index contributed by atoms with van der Waals surface area (Å²) >= 11 is 1.40. The Bertz CT molecular complexity index is 857. The van der Waals surface area contributed by atoms with E-state index in [0.29, 0.717) is 22.2 Å². The highest BCUT2D eigenvalue weighted by Crippen LogP contribution is 2.36. The van der Waals surface area contributed by atoms with E-state index < -0.39 is 0 Å². The molecule has 3 rings (SSSR count). The molecule has 5 nitrogen and oxygen atoms in total. The van der Waals surface area contributed by atoms with Crippen LogP contribution in [0.5, 0.6) is 11.5 Å². The first-order valence-corrected chi connectivity index (χ1v) is 8.24. The van der Waals surface area contributed by atoms with Crippen molar-refractivity contribution in [2.45, 2.75) is 13.8 Å². The summed E-state index contributed by atoms with van der Waals surface area (Å²) in [5.41, 5.74) is 3.49. The molecule has 0 aliphatic heterocycles. The summed E-state index contributed by atoms with van der Waals surface area (Å²) < 4.78 is 11.5. The molecular weight excluding hydrogens is 324 g/mol. The minimum Gasteiger partial charge on any atom is -0.493 e. The van der Waals surface area contributed by atoms with E-state index in [1.165, 1.54) is 11.3 Å². The lowest BCUT2D eigenvalue weighted by atomic mass is 10.1. The van der Waals surface area contributed by atoms with Gasteiger partial charge in [0.25, 0.3) is 5.91 Å². The van der Waals surface area contributed by atoms with Gasteiger partial charge in [0.2, 0.25) is 0 Å². The van der Waals surface area contributed by atoms with Crippen molar-refractivity contribution < 1.29 is 14.3 Å². The maximum atomic E-state index is 12.4. The van der Waals surface area contributed by atoms with Crippen LogP contribution in [0.3, 0.4) is 0 Å². The lowest BCUT2D eigenvalue weighted by Crippen LogP contribution is -2.12. The SMILES string of the molecule is COc1cc2nc(NC(=O)c3cc(C)cc(C)c3)sc2cc1OC. The van der Waals surface area contributed by atoms with Gasteiger partial charge in [-0.1, -0.05) is 28.5 Å². The highest BCUT2D eigenvalue weighted by atomic mass is 32.1. The van der Waals surface area contributed by atoms with E-state index >= 15 is 0 Å². The lowest BCUT2D eigenvalue weighted by Gasteiger charge is -2.05. The van der Waals surface area contributed by atoms with Gasteiger partial charge in [-0.3, -0.25) is 10.1 Å². The summed E-state index contributed by atoms with van der Waals surface area (Å²) in [6.45, 7) is 3.94. The Kier molecular flexibility index (Phi) is 4.40. The van der Waals surface area contributed by atoms with Gasteiger partial charge in [-0.2, -0.15) is 0 Å². The number of amides is 1. The third-order valence-electron chi connectivity index (χ3n) is 3.60. The zero-order valence-electron chi connectivity index (χ0n) is 14.0. The molecule has 0 atom stereocenters. The summed E-state index contributed by atoms with van der Waals surface area (Å²) in [6.07, 6.45) is 0. The van der Waals surface area contributed by atoms with Crippen molar-refractivity contribution in [3.8, 4) is 11.5 Å². The van der Waals surface area contributed by atoms with Gasteiger partial charge in [0.05, 0.1) is 24.4 Å². The van der Waals surface area contributed by atoms with Crippen LogP contribution in [0.25, 0.3) is 10.2 Å². The number of aromatic nitrogens is 1. The molecule has 0 aliphatic rings. The molecular formula is C18H18N2O3S. The van der Waals surface area contributed by atoms with Gasteiger partial charge in [-0.25, -0.2) is 4.98 Å².